The number of nitriles is 1. The van der Waals surface area contributed by atoms with E-state index in [1.54, 1.807) is 18.2 Å². The molecule has 0 saturated carbocycles. The number of hydrogen-bond donors (Lipinski definition) is 1. The molecule has 2 rings (SSSR count). The van der Waals surface area contributed by atoms with Gasteiger partial charge in [0.25, 0.3) is 5.91 Å². The van der Waals surface area contributed by atoms with Crippen molar-refractivity contribution in [1.29, 1.82) is 5.26 Å². The Labute approximate surface area is 103 Å². The van der Waals surface area contributed by atoms with Crippen LogP contribution in [0.4, 0.5) is 5.69 Å². The predicted molar refractivity (Wildman–Crippen MR) is 62.2 cm³/mol. The Balaban J connectivity index is 2.24. The van der Waals surface area contributed by atoms with Gasteiger partial charge < -0.3 is 14.6 Å². The summed E-state index contributed by atoms with van der Waals surface area (Å²) in [5, 5.41) is 14.9. The summed E-state index contributed by atoms with van der Waals surface area (Å²) < 4.78 is 9.68. The van der Waals surface area contributed by atoms with E-state index >= 15 is 0 Å². The highest BCUT2D eigenvalue weighted by molar-refractivity contribution is 6.03. The van der Waals surface area contributed by atoms with Crippen LogP contribution in [0.1, 0.15) is 16.1 Å². The highest BCUT2D eigenvalue weighted by atomic mass is 16.5. The molecule has 0 radical (unpaired) electrons. The van der Waals surface area contributed by atoms with E-state index in [0.717, 1.165) is 0 Å². The molecule has 1 aromatic heterocycles. The van der Waals surface area contributed by atoms with Gasteiger partial charge in [-0.2, -0.15) is 5.26 Å². The van der Waals surface area contributed by atoms with Crippen LogP contribution >= 0.6 is 0 Å². The molecular formula is C12H9N3O3. The van der Waals surface area contributed by atoms with Crippen molar-refractivity contribution in [1.82, 2.24) is 5.16 Å². The maximum absolute atomic E-state index is 11.7. The van der Waals surface area contributed by atoms with Crippen LogP contribution < -0.4 is 10.1 Å². The number of nitrogens with zero attached hydrogens (tertiary/aromatic N) is 2. The summed E-state index contributed by atoms with van der Waals surface area (Å²) >= 11 is 0. The van der Waals surface area contributed by atoms with Crippen LogP contribution in [0.5, 0.6) is 5.75 Å². The van der Waals surface area contributed by atoms with Crippen molar-refractivity contribution >= 4 is 11.6 Å². The molecule has 0 aliphatic heterocycles. The summed E-state index contributed by atoms with van der Waals surface area (Å²) in [6.45, 7) is 0. The lowest BCUT2D eigenvalue weighted by Gasteiger charge is -2.09. The second-order valence-corrected chi connectivity index (χ2v) is 3.37. The van der Waals surface area contributed by atoms with Gasteiger partial charge in [0.15, 0.2) is 5.69 Å². The van der Waals surface area contributed by atoms with Gasteiger partial charge in [-0.05, 0) is 12.1 Å². The third-order valence-electron chi connectivity index (χ3n) is 2.25. The number of carbonyl (C=O) groups is 1. The highest BCUT2D eigenvalue weighted by Gasteiger charge is 2.12. The predicted octanol–water partition coefficient (Wildman–Crippen LogP) is 1.81. The van der Waals surface area contributed by atoms with E-state index in [9.17, 15) is 4.79 Å². The molecule has 0 bridgehead atoms. The topological polar surface area (TPSA) is 88.1 Å². The number of carbonyl (C=O) groups excluding carboxylic acids is 1. The highest BCUT2D eigenvalue weighted by Crippen LogP contribution is 2.25. The van der Waals surface area contributed by atoms with Crippen molar-refractivity contribution in [3.63, 3.8) is 0 Å². The summed E-state index contributed by atoms with van der Waals surface area (Å²) in [6.07, 6.45) is 1.31. The van der Waals surface area contributed by atoms with Gasteiger partial charge in [0.05, 0.1) is 24.4 Å². The monoisotopic (exact) mass is 243 g/mol. The number of amides is 1. The van der Waals surface area contributed by atoms with Crippen molar-refractivity contribution in [3.8, 4) is 11.8 Å². The smallest absolute Gasteiger partial charge is 0.277 e. The standard InChI is InChI=1S/C12H9N3O3/c1-17-11-6-8(7-13)2-3-9(11)14-12(16)10-4-5-18-15-10/h2-6H,1H3,(H,14,16). The maximum atomic E-state index is 11.7. The fourth-order valence-corrected chi connectivity index (χ4v) is 1.38. The van der Waals surface area contributed by atoms with Crippen molar-refractivity contribution in [2.45, 2.75) is 0 Å². The van der Waals surface area contributed by atoms with Crippen LogP contribution in [0.15, 0.2) is 35.1 Å². The zero-order valence-electron chi connectivity index (χ0n) is 9.51. The molecule has 6 heteroatoms. The minimum Gasteiger partial charge on any atom is -0.495 e. The first kappa shape index (κ1) is 11.7. The summed E-state index contributed by atoms with van der Waals surface area (Å²) in [5.41, 5.74) is 1.08. The number of methoxy groups -OCH3 is 1. The van der Waals surface area contributed by atoms with Gasteiger partial charge in [-0.15, -0.1) is 0 Å². The second-order valence-electron chi connectivity index (χ2n) is 3.37. The minimum absolute atomic E-state index is 0.168. The molecular weight excluding hydrogens is 234 g/mol. The third kappa shape index (κ3) is 2.30. The SMILES string of the molecule is COc1cc(C#N)ccc1NC(=O)c1ccon1. The Bertz CT molecular complexity index is 600. The summed E-state index contributed by atoms with van der Waals surface area (Å²) in [6, 6.07) is 8.16. The summed E-state index contributed by atoms with van der Waals surface area (Å²) in [7, 11) is 1.46. The second kappa shape index (κ2) is 5.01. The number of benzene rings is 1. The number of aromatic nitrogens is 1. The number of nitrogens with one attached hydrogen (secondary N) is 1. The lowest BCUT2D eigenvalue weighted by molar-refractivity contribution is 0.101. The number of hydrogen-bond acceptors (Lipinski definition) is 5. The molecule has 0 aliphatic carbocycles. The maximum Gasteiger partial charge on any atom is 0.277 e. The van der Waals surface area contributed by atoms with E-state index < -0.39 is 5.91 Å². The average Bonchev–Trinajstić information content (AvgIpc) is 2.93. The van der Waals surface area contributed by atoms with Gasteiger partial charge in [-0.3, -0.25) is 4.79 Å². The van der Waals surface area contributed by atoms with Gasteiger partial charge >= 0.3 is 0 Å². The van der Waals surface area contributed by atoms with Crippen LogP contribution in [-0.2, 0) is 0 Å². The van der Waals surface area contributed by atoms with Crippen LogP contribution in [0.3, 0.4) is 0 Å². The van der Waals surface area contributed by atoms with E-state index in [2.05, 4.69) is 15.0 Å². The Kier molecular flexibility index (Phi) is 3.25. The van der Waals surface area contributed by atoms with Gasteiger partial charge in [-0.25, -0.2) is 0 Å². The average molecular weight is 243 g/mol. The first-order valence-corrected chi connectivity index (χ1v) is 5.04. The van der Waals surface area contributed by atoms with E-state index in [4.69, 9.17) is 10.00 Å². The molecule has 6 nitrogen and oxygen atoms in total. The lowest BCUT2D eigenvalue weighted by Crippen LogP contribution is -2.13. The number of anilines is 1. The first-order valence-electron chi connectivity index (χ1n) is 5.04. The van der Waals surface area contributed by atoms with Gasteiger partial charge in [0.2, 0.25) is 0 Å². The third-order valence-corrected chi connectivity index (χ3v) is 2.25. The van der Waals surface area contributed by atoms with Crippen LogP contribution in [0.25, 0.3) is 0 Å². The molecule has 0 saturated heterocycles. The van der Waals surface area contributed by atoms with Crippen LogP contribution in [0.2, 0.25) is 0 Å². The fraction of sp³-hybridized carbons (Fsp3) is 0.0833. The molecule has 2 aromatic rings. The zero-order chi connectivity index (χ0) is 13.0. The lowest BCUT2D eigenvalue weighted by atomic mass is 10.2. The molecule has 1 amide bonds. The molecule has 0 spiro atoms. The Morgan fingerprint density at radius 3 is 2.94 bits per heavy atom. The quantitative estimate of drug-likeness (QED) is 0.888. The van der Waals surface area contributed by atoms with Crippen molar-refractivity contribution in [2.24, 2.45) is 0 Å². The largest absolute Gasteiger partial charge is 0.495 e. The Morgan fingerprint density at radius 1 is 1.50 bits per heavy atom. The van der Waals surface area contributed by atoms with E-state index in [0.29, 0.717) is 17.0 Å². The normalized spacial score (nSPS) is 9.56. The van der Waals surface area contributed by atoms with Gasteiger partial charge in [0, 0.05) is 12.1 Å². The molecule has 90 valence electrons. The van der Waals surface area contributed by atoms with Crippen LogP contribution in [0, 0.1) is 11.3 Å². The first-order chi connectivity index (χ1) is 8.74. The number of rotatable bonds is 3. The van der Waals surface area contributed by atoms with E-state index in [1.807, 2.05) is 6.07 Å². The van der Waals surface area contributed by atoms with Crippen molar-refractivity contribution in [3.05, 3.63) is 41.8 Å². The van der Waals surface area contributed by atoms with Crippen molar-refractivity contribution < 1.29 is 14.1 Å². The minimum atomic E-state index is -0.410. The van der Waals surface area contributed by atoms with Crippen molar-refractivity contribution in [2.75, 3.05) is 12.4 Å². The molecule has 1 aromatic carbocycles. The molecule has 18 heavy (non-hydrogen) atoms. The molecule has 0 fully saturated rings. The van der Waals surface area contributed by atoms with Crippen LogP contribution in [-0.4, -0.2) is 18.2 Å². The zero-order valence-corrected chi connectivity index (χ0v) is 9.51. The molecule has 0 atom stereocenters. The Hall–Kier alpha value is -2.81. The van der Waals surface area contributed by atoms with Gasteiger partial charge in [0.1, 0.15) is 12.0 Å². The summed E-state index contributed by atoms with van der Waals surface area (Å²) in [4.78, 5) is 11.7. The number of ether oxygens (including phenoxy) is 1. The molecule has 1 heterocycles. The van der Waals surface area contributed by atoms with E-state index in [1.165, 1.54) is 19.4 Å². The fourth-order valence-electron chi connectivity index (χ4n) is 1.38. The summed E-state index contributed by atoms with van der Waals surface area (Å²) in [5.74, 6) is -0.00217. The molecule has 0 aliphatic rings. The Morgan fingerprint density at radius 2 is 2.33 bits per heavy atom. The molecule has 1 N–H and O–H groups in total. The van der Waals surface area contributed by atoms with Gasteiger partial charge in [-0.1, -0.05) is 5.16 Å². The van der Waals surface area contributed by atoms with E-state index in [-0.39, 0.29) is 5.69 Å². The molecule has 0 unspecified atom stereocenters.